The summed E-state index contributed by atoms with van der Waals surface area (Å²) in [6.45, 7) is 1.05. The molecule has 35 heavy (non-hydrogen) atoms. The molecule has 0 atom stereocenters. The third kappa shape index (κ3) is 4.70. The zero-order valence-electron chi connectivity index (χ0n) is 19.4. The van der Waals surface area contributed by atoms with Gasteiger partial charge < -0.3 is 18.6 Å². The number of benzene rings is 3. The van der Waals surface area contributed by atoms with Crippen molar-refractivity contribution in [3.8, 4) is 16.9 Å². The first-order valence-electron chi connectivity index (χ1n) is 11.4. The molecule has 0 bridgehead atoms. The molecule has 0 aliphatic carbocycles. The average molecular weight is 491 g/mol. The van der Waals surface area contributed by atoms with Gasteiger partial charge in [-0.2, -0.15) is 0 Å². The molecule has 4 aromatic rings. The predicted octanol–water partition coefficient (Wildman–Crippen LogP) is 5.48. The maximum atomic E-state index is 13.2. The topological polar surface area (TPSA) is 75.0 Å². The van der Waals surface area contributed by atoms with Crippen LogP contribution in [0.5, 0.6) is 5.75 Å². The van der Waals surface area contributed by atoms with Gasteiger partial charge in [0.2, 0.25) is 0 Å². The first kappa shape index (κ1) is 23.2. The van der Waals surface area contributed by atoms with Crippen molar-refractivity contribution >= 4 is 27.0 Å². The van der Waals surface area contributed by atoms with Gasteiger partial charge in [0.1, 0.15) is 17.3 Å². The number of esters is 1. The molecule has 1 aromatic heterocycles. The lowest BCUT2D eigenvalue weighted by Crippen LogP contribution is -2.28. The predicted molar refractivity (Wildman–Crippen MR) is 138 cm³/mol. The Morgan fingerprint density at radius 2 is 1.69 bits per heavy atom. The first-order chi connectivity index (χ1) is 17.1. The van der Waals surface area contributed by atoms with E-state index in [-0.39, 0.29) is 11.4 Å². The summed E-state index contributed by atoms with van der Waals surface area (Å²) in [5.41, 5.74) is 2.73. The minimum Gasteiger partial charge on any atom is -0.497 e. The Morgan fingerprint density at radius 3 is 2.40 bits per heavy atom. The molecule has 5 rings (SSSR count). The summed E-state index contributed by atoms with van der Waals surface area (Å²) < 4.78 is 23.1. The van der Waals surface area contributed by atoms with Crippen LogP contribution in [-0.2, 0) is 9.47 Å². The van der Waals surface area contributed by atoms with Crippen LogP contribution in [0.4, 0.5) is 0 Å². The molecule has 180 valence electrons. The van der Waals surface area contributed by atoms with Gasteiger partial charge >= 0.3 is 5.97 Å². The zero-order valence-corrected chi connectivity index (χ0v) is 20.2. The summed E-state index contributed by atoms with van der Waals surface area (Å²) in [5, 5.41) is 1.14. The normalized spacial score (nSPS) is 15.9. The van der Waals surface area contributed by atoms with Crippen molar-refractivity contribution in [2.45, 2.75) is 5.09 Å². The average Bonchev–Trinajstić information content (AvgIpc) is 2.92. The quantitative estimate of drug-likeness (QED) is 0.333. The van der Waals surface area contributed by atoms with Crippen LogP contribution in [0.15, 0.2) is 93.2 Å². The summed E-state index contributed by atoms with van der Waals surface area (Å²) in [4.78, 5) is 26.0. The number of methoxy groups -OCH3 is 1. The molecule has 2 heterocycles. The highest BCUT2D eigenvalue weighted by Crippen LogP contribution is 2.57. The summed E-state index contributed by atoms with van der Waals surface area (Å²) in [6.07, 6.45) is 0. The minimum atomic E-state index is -1.76. The van der Waals surface area contributed by atoms with Crippen molar-refractivity contribution in [1.82, 2.24) is 0 Å². The van der Waals surface area contributed by atoms with E-state index in [0.29, 0.717) is 52.1 Å². The second-order valence-electron chi connectivity index (χ2n) is 8.32. The lowest BCUT2D eigenvalue weighted by atomic mass is 10.0. The number of carbonyl (C=O) groups is 1. The molecule has 0 radical (unpaired) electrons. The highest BCUT2D eigenvalue weighted by atomic mass is 32.3. The fourth-order valence-corrected chi connectivity index (χ4v) is 6.99. The lowest BCUT2D eigenvalue weighted by Gasteiger charge is -2.40. The number of carbonyl (C=O) groups excluding carboxylic acids is 1. The van der Waals surface area contributed by atoms with Gasteiger partial charge in [0.25, 0.3) is 0 Å². The molecular formula is C28H26O6S. The fourth-order valence-electron chi connectivity index (χ4n) is 4.21. The summed E-state index contributed by atoms with van der Waals surface area (Å²) in [5.74, 6) is 1.73. The Hall–Kier alpha value is -3.55. The van der Waals surface area contributed by atoms with Gasteiger partial charge in [-0.25, -0.2) is 4.79 Å². The van der Waals surface area contributed by atoms with E-state index in [1.165, 1.54) is 0 Å². The van der Waals surface area contributed by atoms with Gasteiger partial charge in [0.05, 0.1) is 31.3 Å². The Morgan fingerprint density at radius 1 is 0.943 bits per heavy atom. The number of hydrogen-bond acceptors (Lipinski definition) is 6. The second kappa shape index (κ2) is 9.98. The van der Waals surface area contributed by atoms with Gasteiger partial charge in [-0.05, 0) is 35.9 Å². The van der Waals surface area contributed by atoms with Crippen LogP contribution >= 0.6 is 10.0 Å². The molecule has 0 unspecified atom stereocenters. The van der Waals surface area contributed by atoms with E-state index in [1.54, 1.807) is 43.5 Å². The Bertz CT molecular complexity index is 1390. The first-order valence-corrected chi connectivity index (χ1v) is 13.5. The molecule has 1 fully saturated rings. The van der Waals surface area contributed by atoms with Gasteiger partial charge in [-0.15, -0.1) is 10.0 Å². The molecular weight excluding hydrogens is 464 g/mol. The fraction of sp³-hybridized carbons (Fsp3) is 0.214. The smallest absolute Gasteiger partial charge is 0.338 e. The Labute approximate surface area is 204 Å². The molecule has 1 aliphatic rings. The van der Waals surface area contributed by atoms with Crippen LogP contribution in [0.1, 0.15) is 10.4 Å². The van der Waals surface area contributed by atoms with Crippen molar-refractivity contribution in [2.75, 3.05) is 37.8 Å². The van der Waals surface area contributed by atoms with E-state index >= 15 is 0 Å². The lowest BCUT2D eigenvalue weighted by molar-refractivity contribution is 0.0571. The van der Waals surface area contributed by atoms with E-state index in [1.807, 2.05) is 42.5 Å². The summed E-state index contributed by atoms with van der Waals surface area (Å²) in [7, 11) is -0.189. The van der Waals surface area contributed by atoms with Gasteiger partial charge in [-0.1, -0.05) is 42.5 Å². The number of fused-ring (bicyclic) bond motifs is 1. The third-order valence-corrected chi connectivity index (χ3v) is 9.74. The van der Waals surface area contributed by atoms with Crippen LogP contribution in [0, 0.1) is 0 Å². The van der Waals surface area contributed by atoms with Gasteiger partial charge in [0.15, 0.2) is 10.5 Å². The Balaban J connectivity index is 1.52. The van der Waals surface area contributed by atoms with Gasteiger partial charge in [0, 0.05) is 23.1 Å². The van der Waals surface area contributed by atoms with Crippen LogP contribution in [0.3, 0.4) is 0 Å². The van der Waals surface area contributed by atoms with E-state index in [9.17, 15) is 9.59 Å². The second-order valence-corrected chi connectivity index (χ2v) is 11.9. The SMILES string of the molecule is COc1ccc(C(=O)OCS2(c3cc(=O)c4cccc(-c5ccccc5)c4o3)CCOCC2)cc1. The van der Waals surface area contributed by atoms with E-state index in [4.69, 9.17) is 18.6 Å². The van der Waals surface area contributed by atoms with Crippen molar-refractivity contribution in [3.05, 3.63) is 94.6 Å². The molecule has 0 saturated carbocycles. The van der Waals surface area contributed by atoms with E-state index in [2.05, 4.69) is 0 Å². The third-order valence-electron chi connectivity index (χ3n) is 6.22. The van der Waals surface area contributed by atoms with Gasteiger partial charge in [-0.3, -0.25) is 4.79 Å². The Kier molecular flexibility index (Phi) is 6.61. The zero-order chi connectivity index (χ0) is 24.3. The van der Waals surface area contributed by atoms with Crippen LogP contribution < -0.4 is 10.2 Å². The van der Waals surface area contributed by atoms with Crippen LogP contribution in [0.2, 0.25) is 0 Å². The van der Waals surface area contributed by atoms with Crippen molar-refractivity contribution in [3.63, 3.8) is 0 Å². The number of rotatable bonds is 6. The highest BCUT2D eigenvalue weighted by molar-refractivity contribution is 8.33. The van der Waals surface area contributed by atoms with Crippen LogP contribution in [0.25, 0.3) is 22.1 Å². The summed E-state index contributed by atoms with van der Waals surface area (Å²) in [6, 6.07) is 23.9. The molecule has 0 N–H and O–H groups in total. The molecule has 1 saturated heterocycles. The molecule has 6 nitrogen and oxygen atoms in total. The number of ether oxygens (including phenoxy) is 3. The van der Waals surface area contributed by atoms with Crippen LogP contribution in [-0.4, -0.2) is 43.7 Å². The van der Waals surface area contributed by atoms with Crippen molar-refractivity contribution < 1.29 is 23.4 Å². The minimum absolute atomic E-state index is 0.0983. The molecule has 0 amide bonds. The maximum absolute atomic E-state index is 13.2. The molecule has 3 aromatic carbocycles. The molecule has 7 heteroatoms. The number of para-hydroxylation sites is 1. The van der Waals surface area contributed by atoms with E-state index < -0.39 is 16.0 Å². The van der Waals surface area contributed by atoms with Crippen molar-refractivity contribution in [1.29, 1.82) is 0 Å². The standard InChI is InChI=1S/C28H26O6S/c1-31-22-12-10-21(11-13-22)28(30)33-19-35(16-14-32-15-17-35)26-18-25(29)24-9-5-8-23(27(24)34-26)20-6-3-2-4-7-20/h2-13,18H,14-17,19H2,1H3. The monoisotopic (exact) mass is 490 g/mol. The van der Waals surface area contributed by atoms with Crippen molar-refractivity contribution in [2.24, 2.45) is 0 Å². The number of hydrogen-bond donors (Lipinski definition) is 0. The van der Waals surface area contributed by atoms with E-state index in [0.717, 1.165) is 11.1 Å². The summed E-state index contributed by atoms with van der Waals surface area (Å²) >= 11 is 0. The largest absolute Gasteiger partial charge is 0.497 e. The highest BCUT2D eigenvalue weighted by Gasteiger charge is 2.34. The maximum Gasteiger partial charge on any atom is 0.338 e. The molecule has 0 spiro atoms. The molecule has 1 aliphatic heterocycles.